The number of esters is 1. The molecule has 2 aromatic carbocycles. The van der Waals surface area contributed by atoms with E-state index in [1.807, 2.05) is 32.0 Å². The molecule has 2 heterocycles. The summed E-state index contributed by atoms with van der Waals surface area (Å²) in [4.78, 5) is 25.5. The maximum Gasteiger partial charge on any atom is 0.435 e. The predicted molar refractivity (Wildman–Crippen MR) is 144 cm³/mol. The van der Waals surface area contributed by atoms with Gasteiger partial charge in [0.25, 0.3) is 0 Å². The number of carbonyl (C=O) groups excluding carboxylic acids is 2. The molecule has 200 valence electrons. The van der Waals surface area contributed by atoms with Gasteiger partial charge in [-0.3, -0.25) is 4.79 Å². The van der Waals surface area contributed by atoms with Crippen molar-refractivity contribution in [3.05, 3.63) is 59.2 Å². The van der Waals surface area contributed by atoms with Crippen molar-refractivity contribution in [1.82, 2.24) is 14.3 Å². The van der Waals surface area contributed by atoms with Crippen LogP contribution in [0.15, 0.2) is 36.5 Å². The molecule has 0 saturated heterocycles. The second-order valence-electron chi connectivity index (χ2n) is 10.4. The summed E-state index contributed by atoms with van der Waals surface area (Å²) >= 11 is 0. The Morgan fingerprint density at radius 1 is 1.13 bits per heavy atom. The molecule has 0 amide bonds. The Morgan fingerprint density at radius 2 is 1.92 bits per heavy atom. The Kier molecular flexibility index (Phi) is 6.99. The van der Waals surface area contributed by atoms with Crippen LogP contribution in [0.1, 0.15) is 75.6 Å². The third-order valence-corrected chi connectivity index (χ3v) is 7.33. The Bertz CT molecular complexity index is 1530. The maximum atomic E-state index is 14.2. The molecule has 1 fully saturated rings. The largest absolute Gasteiger partial charge is 0.466 e. The van der Waals surface area contributed by atoms with E-state index >= 15 is 0 Å². The van der Waals surface area contributed by atoms with E-state index in [0.717, 1.165) is 46.1 Å². The van der Waals surface area contributed by atoms with Crippen molar-refractivity contribution in [3.63, 3.8) is 0 Å². The number of carbonyl (C=O) groups is 2. The van der Waals surface area contributed by atoms with E-state index in [4.69, 9.17) is 9.47 Å². The van der Waals surface area contributed by atoms with Gasteiger partial charge in [-0.05, 0) is 74.1 Å². The van der Waals surface area contributed by atoms with E-state index in [0.29, 0.717) is 30.7 Å². The third-order valence-electron chi connectivity index (χ3n) is 7.33. The van der Waals surface area contributed by atoms with Gasteiger partial charge in [0.15, 0.2) is 0 Å². The fraction of sp³-hybridized carbons (Fsp3) is 0.433. The Balaban J connectivity index is 1.74. The first kappa shape index (κ1) is 25.9. The summed E-state index contributed by atoms with van der Waals surface area (Å²) in [5.41, 5.74) is 5.12. The Morgan fingerprint density at radius 3 is 2.61 bits per heavy atom. The van der Waals surface area contributed by atoms with Crippen LogP contribution in [0.5, 0.6) is 0 Å². The standard InChI is InChI=1S/C30H34FN3O4/c1-6-8-11-38-30(36)34-25-15-23-26(13-19(25)16-32-34)33(20-9-10-24(31)18(5)12-20)28(17(3)4)27(23)21-14-22(21)29(35)37-7-2/h9-10,12-13,15-17,21-22H,6-8,11,14H2,1-5H3/t21-,22+/m0/s1. The molecule has 0 unspecified atom stereocenters. The molecule has 38 heavy (non-hydrogen) atoms. The molecule has 0 spiro atoms. The molecule has 8 heteroatoms. The topological polar surface area (TPSA) is 75.3 Å². The Hall–Kier alpha value is -3.68. The second kappa shape index (κ2) is 10.2. The van der Waals surface area contributed by atoms with Gasteiger partial charge in [-0.2, -0.15) is 9.78 Å². The quantitative estimate of drug-likeness (QED) is 0.185. The summed E-state index contributed by atoms with van der Waals surface area (Å²) in [6.07, 6.45) is 3.57. The van der Waals surface area contributed by atoms with E-state index in [1.165, 1.54) is 10.7 Å². The van der Waals surface area contributed by atoms with Crippen LogP contribution in [-0.2, 0) is 14.3 Å². The van der Waals surface area contributed by atoms with E-state index in [-0.39, 0.29) is 29.5 Å². The minimum absolute atomic E-state index is 0.00192. The molecule has 1 aliphatic carbocycles. The van der Waals surface area contributed by atoms with Gasteiger partial charge in [-0.15, -0.1) is 0 Å². The molecule has 1 saturated carbocycles. The van der Waals surface area contributed by atoms with Crippen LogP contribution >= 0.6 is 0 Å². The first-order valence-electron chi connectivity index (χ1n) is 13.4. The lowest BCUT2D eigenvalue weighted by Crippen LogP contribution is -2.15. The molecular weight excluding hydrogens is 485 g/mol. The van der Waals surface area contributed by atoms with Crippen molar-refractivity contribution in [2.24, 2.45) is 5.92 Å². The molecule has 2 atom stereocenters. The number of rotatable bonds is 8. The minimum Gasteiger partial charge on any atom is -0.466 e. The molecule has 2 aromatic heterocycles. The summed E-state index contributed by atoms with van der Waals surface area (Å²) in [6.45, 7) is 10.5. The Labute approximate surface area is 221 Å². The zero-order chi connectivity index (χ0) is 27.1. The first-order valence-corrected chi connectivity index (χ1v) is 13.4. The van der Waals surface area contributed by atoms with Crippen molar-refractivity contribution in [3.8, 4) is 5.69 Å². The van der Waals surface area contributed by atoms with Gasteiger partial charge in [-0.25, -0.2) is 9.18 Å². The van der Waals surface area contributed by atoms with Gasteiger partial charge < -0.3 is 14.0 Å². The van der Waals surface area contributed by atoms with Crippen molar-refractivity contribution in [1.29, 1.82) is 0 Å². The smallest absolute Gasteiger partial charge is 0.435 e. The first-order chi connectivity index (χ1) is 18.3. The number of hydrogen-bond donors (Lipinski definition) is 0. The normalized spacial score (nSPS) is 16.9. The maximum absolute atomic E-state index is 14.2. The lowest BCUT2D eigenvalue weighted by molar-refractivity contribution is -0.144. The number of nitrogens with zero attached hydrogens (tertiary/aromatic N) is 3. The fourth-order valence-electron chi connectivity index (χ4n) is 5.39. The molecule has 5 rings (SSSR count). The fourth-order valence-corrected chi connectivity index (χ4v) is 5.39. The van der Waals surface area contributed by atoms with Gasteiger partial charge in [0.1, 0.15) is 5.82 Å². The van der Waals surface area contributed by atoms with Crippen molar-refractivity contribution < 1.29 is 23.5 Å². The summed E-state index contributed by atoms with van der Waals surface area (Å²) in [5.74, 6) is -0.532. The molecule has 0 N–H and O–H groups in total. The van der Waals surface area contributed by atoms with Crippen LogP contribution in [0, 0.1) is 18.7 Å². The van der Waals surface area contributed by atoms with Gasteiger partial charge in [0.05, 0.1) is 36.4 Å². The molecular formula is C30H34FN3O4. The van der Waals surface area contributed by atoms with Crippen molar-refractivity contribution >= 4 is 33.9 Å². The number of unbranched alkanes of at least 4 members (excludes halogenated alkanes) is 1. The lowest BCUT2D eigenvalue weighted by Gasteiger charge is -2.16. The van der Waals surface area contributed by atoms with Crippen molar-refractivity contribution in [2.45, 2.75) is 65.7 Å². The lowest BCUT2D eigenvalue weighted by atomic mass is 9.98. The number of aryl methyl sites for hydroxylation is 1. The van der Waals surface area contributed by atoms with Crippen molar-refractivity contribution in [2.75, 3.05) is 13.2 Å². The van der Waals surface area contributed by atoms with Crippen LogP contribution in [0.3, 0.4) is 0 Å². The highest BCUT2D eigenvalue weighted by molar-refractivity contribution is 6.02. The SMILES string of the molecule is CCCCOC(=O)n1ncc2cc3c(cc21)c([C@H]1C[C@H]1C(=O)OCC)c(C(C)C)n3-c1ccc(F)c(C)c1. The highest BCUT2D eigenvalue weighted by atomic mass is 19.1. The average molecular weight is 520 g/mol. The van der Waals surface area contributed by atoms with E-state index < -0.39 is 6.09 Å². The highest BCUT2D eigenvalue weighted by Gasteiger charge is 2.48. The summed E-state index contributed by atoms with van der Waals surface area (Å²) in [7, 11) is 0. The number of fused-ring (bicyclic) bond motifs is 2. The molecule has 7 nitrogen and oxygen atoms in total. The van der Waals surface area contributed by atoms with Gasteiger partial charge in [-0.1, -0.05) is 27.2 Å². The van der Waals surface area contributed by atoms with Crippen LogP contribution in [0.2, 0.25) is 0 Å². The second-order valence-corrected chi connectivity index (χ2v) is 10.4. The number of hydrogen-bond acceptors (Lipinski definition) is 5. The molecule has 1 aliphatic rings. The summed E-state index contributed by atoms with van der Waals surface area (Å²) in [6, 6.07) is 9.11. The third kappa shape index (κ3) is 4.46. The van der Waals surface area contributed by atoms with Gasteiger partial charge in [0, 0.05) is 28.1 Å². The summed E-state index contributed by atoms with van der Waals surface area (Å²) in [5, 5.41) is 6.07. The number of benzene rings is 2. The monoisotopic (exact) mass is 519 g/mol. The van der Waals surface area contributed by atoms with Crippen LogP contribution in [0.25, 0.3) is 27.5 Å². The number of ether oxygens (including phenoxy) is 2. The number of halogens is 1. The van der Waals surface area contributed by atoms with E-state index in [9.17, 15) is 14.0 Å². The molecule has 0 radical (unpaired) electrons. The van der Waals surface area contributed by atoms with Crippen LogP contribution in [0.4, 0.5) is 9.18 Å². The van der Waals surface area contributed by atoms with E-state index in [1.54, 1.807) is 19.2 Å². The average Bonchev–Trinajstić information content (AvgIpc) is 3.45. The van der Waals surface area contributed by atoms with Gasteiger partial charge >= 0.3 is 12.1 Å². The zero-order valence-electron chi connectivity index (χ0n) is 22.6. The zero-order valence-corrected chi connectivity index (χ0v) is 22.6. The predicted octanol–water partition coefficient (Wildman–Crippen LogP) is 7.00. The number of aromatic nitrogens is 3. The molecule has 0 aliphatic heterocycles. The molecule has 4 aromatic rings. The highest BCUT2D eigenvalue weighted by Crippen LogP contribution is 2.54. The van der Waals surface area contributed by atoms with Crippen LogP contribution in [-0.4, -0.2) is 39.6 Å². The van der Waals surface area contributed by atoms with Crippen LogP contribution < -0.4 is 0 Å². The minimum atomic E-state index is -0.511. The molecule has 0 bridgehead atoms. The van der Waals surface area contributed by atoms with Gasteiger partial charge in [0.2, 0.25) is 0 Å². The van der Waals surface area contributed by atoms with E-state index in [2.05, 4.69) is 23.5 Å². The summed E-state index contributed by atoms with van der Waals surface area (Å²) < 4.78 is 28.5.